The number of amides is 2. The number of nitrogens with one attached hydrogen (secondary N) is 2. The molecule has 2 atom stereocenters. The van der Waals surface area contributed by atoms with Gasteiger partial charge in [-0.25, -0.2) is 9.59 Å². The van der Waals surface area contributed by atoms with Gasteiger partial charge in [0.2, 0.25) is 5.91 Å². The minimum absolute atomic E-state index is 0.0610. The van der Waals surface area contributed by atoms with Crippen LogP contribution in [0.4, 0.5) is 4.79 Å². The summed E-state index contributed by atoms with van der Waals surface area (Å²) in [5.74, 6) is -1.01. The average molecular weight is 519 g/mol. The van der Waals surface area contributed by atoms with Gasteiger partial charge < -0.3 is 25.2 Å². The van der Waals surface area contributed by atoms with Gasteiger partial charge in [-0.2, -0.15) is 0 Å². The molecule has 8 heteroatoms. The second-order valence-electron chi connectivity index (χ2n) is 9.41. The number of ether oxygens (including phenoxy) is 2. The van der Waals surface area contributed by atoms with Gasteiger partial charge in [0, 0.05) is 6.42 Å². The van der Waals surface area contributed by atoms with E-state index in [9.17, 15) is 19.5 Å². The van der Waals surface area contributed by atoms with E-state index in [1.807, 2.05) is 74.5 Å². The summed E-state index contributed by atoms with van der Waals surface area (Å²) in [4.78, 5) is 37.3. The van der Waals surface area contributed by atoms with Gasteiger partial charge in [-0.1, -0.05) is 86.6 Å². The summed E-state index contributed by atoms with van der Waals surface area (Å²) >= 11 is 0. The second-order valence-corrected chi connectivity index (χ2v) is 9.41. The fourth-order valence-electron chi connectivity index (χ4n) is 3.78. The molecule has 0 heterocycles. The zero-order valence-electron chi connectivity index (χ0n) is 21.6. The standard InChI is InChI=1S/C30H34N2O6/c1-21(2)17-26(32-30(36)38-20-24-11-7-4-8-12-24)28(33)31-27(29(34)35)18-22-13-15-25(16-14-22)37-19-23-9-5-3-6-10-23/h3-16,21,26-27H,17-20H2,1-2H3,(H,31,33)(H,32,36)(H,34,35)/t26-,27+/m0/s1. The lowest BCUT2D eigenvalue weighted by Gasteiger charge is -2.22. The largest absolute Gasteiger partial charge is 0.489 e. The van der Waals surface area contributed by atoms with Gasteiger partial charge in [0.1, 0.15) is 31.0 Å². The van der Waals surface area contributed by atoms with Gasteiger partial charge in [-0.15, -0.1) is 0 Å². The van der Waals surface area contributed by atoms with Crippen molar-refractivity contribution in [2.75, 3.05) is 0 Å². The van der Waals surface area contributed by atoms with Crippen LogP contribution in [0.2, 0.25) is 0 Å². The Bertz CT molecular complexity index is 1170. The second kappa shape index (κ2) is 14.4. The number of carboxylic acids is 1. The van der Waals surface area contributed by atoms with Gasteiger partial charge in [0.15, 0.2) is 0 Å². The maximum atomic E-state index is 13.0. The summed E-state index contributed by atoms with van der Waals surface area (Å²) < 4.78 is 11.0. The number of alkyl carbamates (subject to hydrolysis) is 1. The minimum atomic E-state index is -1.17. The van der Waals surface area contributed by atoms with Crippen molar-refractivity contribution in [3.05, 3.63) is 102 Å². The van der Waals surface area contributed by atoms with E-state index in [-0.39, 0.29) is 18.9 Å². The number of hydrogen-bond donors (Lipinski definition) is 3. The molecule has 0 radical (unpaired) electrons. The molecule has 0 bridgehead atoms. The van der Waals surface area contributed by atoms with Gasteiger partial charge in [-0.3, -0.25) is 4.79 Å². The molecule has 0 spiro atoms. The van der Waals surface area contributed by atoms with Crippen molar-refractivity contribution < 1.29 is 29.0 Å². The van der Waals surface area contributed by atoms with Gasteiger partial charge >= 0.3 is 12.1 Å². The normalized spacial score (nSPS) is 12.3. The Kier molecular flexibility index (Phi) is 10.7. The summed E-state index contributed by atoms with van der Waals surface area (Å²) in [7, 11) is 0. The van der Waals surface area contributed by atoms with Crippen LogP contribution in [0, 0.1) is 5.92 Å². The molecule has 0 aliphatic heterocycles. The topological polar surface area (TPSA) is 114 Å². The molecule has 3 rings (SSSR count). The van der Waals surface area contributed by atoms with Crippen molar-refractivity contribution in [1.82, 2.24) is 10.6 Å². The molecule has 8 nitrogen and oxygen atoms in total. The number of carbonyl (C=O) groups excluding carboxylic acids is 2. The van der Waals surface area contributed by atoms with Gasteiger partial charge in [0.05, 0.1) is 0 Å². The van der Waals surface area contributed by atoms with E-state index in [4.69, 9.17) is 9.47 Å². The Labute approximate surface area is 223 Å². The van der Waals surface area contributed by atoms with E-state index >= 15 is 0 Å². The van der Waals surface area contributed by atoms with Crippen molar-refractivity contribution in [1.29, 1.82) is 0 Å². The molecule has 0 saturated carbocycles. The SMILES string of the molecule is CC(C)C[C@H](NC(=O)OCc1ccccc1)C(=O)N[C@H](Cc1ccc(OCc2ccccc2)cc1)C(=O)O. The maximum absolute atomic E-state index is 13.0. The first-order chi connectivity index (χ1) is 18.3. The van der Waals surface area contributed by atoms with Crippen molar-refractivity contribution in [3.8, 4) is 5.75 Å². The van der Waals surface area contributed by atoms with E-state index in [0.29, 0.717) is 18.8 Å². The molecule has 0 aliphatic carbocycles. The van der Waals surface area contributed by atoms with Crippen LogP contribution in [0.3, 0.4) is 0 Å². The van der Waals surface area contributed by atoms with E-state index < -0.39 is 30.1 Å². The monoisotopic (exact) mass is 518 g/mol. The number of aliphatic carboxylic acids is 1. The molecule has 0 aliphatic rings. The molecule has 200 valence electrons. The number of hydrogen-bond acceptors (Lipinski definition) is 5. The van der Waals surface area contributed by atoms with Crippen LogP contribution in [0.5, 0.6) is 5.75 Å². The predicted octanol–water partition coefficient (Wildman–Crippen LogP) is 4.72. The zero-order chi connectivity index (χ0) is 27.3. The highest BCUT2D eigenvalue weighted by atomic mass is 16.5. The highest BCUT2D eigenvalue weighted by Crippen LogP contribution is 2.16. The summed E-state index contributed by atoms with van der Waals surface area (Å²) in [6.45, 7) is 4.30. The van der Waals surface area contributed by atoms with Crippen LogP contribution in [0.25, 0.3) is 0 Å². The first-order valence-electron chi connectivity index (χ1n) is 12.6. The molecule has 38 heavy (non-hydrogen) atoms. The molecule has 0 saturated heterocycles. The molecule has 2 amide bonds. The average Bonchev–Trinajstić information content (AvgIpc) is 2.91. The Balaban J connectivity index is 1.56. The molecule has 0 aromatic heterocycles. The van der Waals surface area contributed by atoms with E-state index in [1.54, 1.807) is 24.3 Å². The maximum Gasteiger partial charge on any atom is 0.408 e. The Hall–Kier alpha value is -4.33. The first-order valence-corrected chi connectivity index (χ1v) is 12.6. The number of carbonyl (C=O) groups is 3. The molecule has 3 N–H and O–H groups in total. The number of benzene rings is 3. The highest BCUT2D eigenvalue weighted by molar-refractivity contribution is 5.89. The first kappa shape index (κ1) is 28.2. The molecule has 3 aromatic carbocycles. The van der Waals surface area contributed by atoms with Crippen molar-refractivity contribution in [3.63, 3.8) is 0 Å². The molecular formula is C30H34N2O6. The summed E-state index contributed by atoms with van der Waals surface area (Å²) in [5, 5.41) is 14.9. The smallest absolute Gasteiger partial charge is 0.408 e. The Morgan fingerprint density at radius 2 is 1.32 bits per heavy atom. The van der Waals surface area contributed by atoms with E-state index in [1.165, 1.54) is 0 Å². The molecule has 3 aromatic rings. The lowest BCUT2D eigenvalue weighted by Crippen LogP contribution is -2.52. The third-order valence-corrected chi connectivity index (χ3v) is 5.75. The van der Waals surface area contributed by atoms with Gasteiger partial charge in [0.25, 0.3) is 0 Å². The fraction of sp³-hybridized carbons (Fsp3) is 0.300. The summed E-state index contributed by atoms with van der Waals surface area (Å²) in [6.07, 6.45) is -0.341. The van der Waals surface area contributed by atoms with Crippen molar-refractivity contribution in [2.24, 2.45) is 5.92 Å². The molecule has 0 fully saturated rings. The number of carboxylic acid groups (broad SMARTS) is 1. The minimum Gasteiger partial charge on any atom is -0.489 e. The molecule has 0 unspecified atom stereocenters. The third-order valence-electron chi connectivity index (χ3n) is 5.75. The van der Waals surface area contributed by atoms with Crippen molar-refractivity contribution >= 4 is 18.0 Å². The summed E-state index contributed by atoms with van der Waals surface area (Å²) in [5.41, 5.74) is 2.58. The van der Waals surface area contributed by atoms with Crippen LogP contribution >= 0.6 is 0 Å². The van der Waals surface area contributed by atoms with Crippen molar-refractivity contribution in [2.45, 2.75) is 52.0 Å². The Morgan fingerprint density at radius 3 is 1.87 bits per heavy atom. The predicted molar refractivity (Wildman–Crippen MR) is 143 cm³/mol. The van der Waals surface area contributed by atoms with E-state index in [2.05, 4.69) is 10.6 Å². The van der Waals surface area contributed by atoms with Crippen LogP contribution in [-0.2, 0) is 34.0 Å². The zero-order valence-corrected chi connectivity index (χ0v) is 21.6. The van der Waals surface area contributed by atoms with E-state index in [0.717, 1.165) is 16.7 Å². The lowest BCUT2D eigenvalue weighted by atomic mass is 10.0. The third kappa shape index (κ3) is 9.61. The van der Waals surface area contributed by atoms with Gasteiger partial charge in [-0.05, 0) is 41.2 Å². The number of rotatable bonds is 13. The van der Waals surface area contributed by atoms with Crippen LogP contribution in [-0.4, -0.2) is 35.2 Å². The highest BCUT2D eigenvalue weighted by Gasteiger charge is 2.28. The Morgan fingerprint density at radius 1 is 0.737 bits per heavy atom. The van der Waals surface area contributed by atoms with Crippen LogP contribution in [0.15, 0.2) is 84.9 Å². The quantitative estimate of drug-likeness (QED) is 0.302. The summed E-state index contributed by atoms with van der Waals surface area (Å²) in [6, 6.07) is 23.9. The van der Waals surface area contributed by atoms with Crippen LogP contribution < -0.4 is 15.4 Å². The molecular weight excluding hydrogens is 484 g/mol. The fourth-order valence-corrected chi connectivity index (χ4v) is 3.78. The lowest BCUT2D eigenvalue weighted by molar-refractivity contribution is -0.142. The van der Waals surface area contributed by atoms with Crippen LogP contribution in [0.1, 0.15) is 37.0 Å².